The molecular formula is C13H16BrN5O. The predicted molar refractivity (Wildman–Crippen MR) is 80.3 cm³/mol. The smallest absolute Gasteiger partial charge is 0.238 e. The monoisotopic (exact) mass is 337 g/mol. The number of halogens is 1. The van der Waals surface area contributed by atoms with Crippen LogP contribution in [0.15, 0.2) is 41.1 Å². The van der Waals surface area contributed by atoms with Gasteiger partial charge in [0.25, 0.3) is 0 Å². The summed E-state index contributed by atoms with van der Waals surface area (Å²) in [6.07, 6.45) is 4.37. The molecule has 0 fully saturated rings. The minimum Gasteiger partial charge on any atom is -0.325 e. The van der Waals surface area contributed by atoms with Crippen LogP contribution in [0.3, 0.4) is 0 Å². The Kier molecular flexibility index (Phi) is 5.69. The molecule has 0 bridgehead atoms. The van der Waals surface area contributed by atoms with E-state index in [0.717, 1.165) is 29.7 Å². The minimum absolute atomic E-state index is 0.0520. The van der Waals surface area contributed by atoms with E-state index < -0.39 is 0 Å². The van der Waals surface area contributed by atoms with Gasteiger partial charge in [-0.2, -0.15) is 0 Å². The van der Waals surface area contributed by atoms with E-state index in [4.69, 9.17) is 0 Å². The lowest BCUT2D eigenvalue weighted by Gasteiger charge is -2.07. The zero-order valence-electron chi connectivity index (χ0n) is 10.9. The van der Waals surface area contributed by atoms with E-state index in [2.05, 4.69) is 36.9 Å². The molecule has 6 nitrogen and oxygen atoms in total. The van der Waals surface area contributed by atoms with Gasteiger partial charge in [-0.25, -0.2) is 0 Å². The molecule has 1 aromatic carbocycles. The van der Waals surface area contributed by atoms with Gasteiger partial charge in [0.15, 0.2) is 0 Å². The summed E-state index contributed by atoms with van der Waals surface area (Å²) in [5.74, 6) is -0.0520. The molecule has 0 saturated carbocycles. The Hall–Kier alpha value is -1.73. The third-order valence-corrected chi connectivity index (χ3v) is 3.10. The van der Waals surface area contributed by atoms with Crippen molar-refractivity contribution in [3.05, 3.63) is 41.1 Å². The normalized spacial score (nSPS) is 10.4. The van der Waals surface area contributed by atoms with Gasteiger partial charge in [0.1, 0.15) is 0 Å². The number of nitrogens with one attached hydrogen (secondary N) is 2. The molecule has 2 aromatic rings. The van der Waals surface area contributed by atoms with E-state index in [0.29, 0.717) is 6.54 Å². The predicted octanol–water partition coefficient (Wildman–Crippen LogP) is 1.66. The van der Waals surface area contributed by atoms with Gasteiger partial charge in [-0.15, -0.1) is 5.10 Å². The maximum absolute atomic E-state index is 11.7. The molecule has 7 heteroatoms. The van der Waals surface area contributed by atoms with E-state index in [9.17, 15) is 4.79 Å². The second kappa shape index (κ2) is 7.76. The Morgan fingerprint density at radius 3 is 3.05 bits per heavy atom. The maximum Gasteiger partial charge on any atom is 0.238 e. The number of amides is 1. The van der Waals surface area contributed by atoms with Gasteiger partial charge >= 0.3 is 0 Å². The molecule has 0 aliphatic carbocycles. The topological polar surface area (TPSA) is 71.8 Å². The summed E-state index contributed by atoms with van der Waals surface area (Å²) in [5, 5.41) is 13.5. The fourth-order valence-electron chi connectivity index (χ4n) is 1.69. The van der Waals surface area contributed by atoms with Crippen LogP contribution < -0.4 is 10.6 Å². The first-order valence-corrected chi connectivity index (χ1v) is 7.13. The van der Waals surface area contributed by atoms with Crippen LogP contribution in [0.1, 0.15) is 6.42 Å². The van der Waals surface area contributed by atoms with E-state index in [1.54, 1.807) is 10.9 Å². The van der Waals surface area contributed by atoms with Crippen LogP contribution in [0.4, 0.5) is 5.69 Å². The highest BCUT2D eigenvalue weighted by molar-refractivity contribution is 9.10. The summed E-state index contributed by atoms with van der Waals surface area (Å²) in [7, 11) is 0. The molecule has 1 amide bonds. The van der Waals surface area contributed by atoms with Gasteiger partial charge < -0.3 is 10.6 Å². The lowest BCUT2D eigenvalue weighted by atomic mass is 10.3. The third kappa shape index (κ3) is 5.10. The van der Waals surface area contributed by atoms with Crippen LogP contribution in [-0.2, 0) is 11.3 Å². The quantitative estimate of drug-likeness (QED) is 0.753. The Morgan fingerprint density at radius 2 is 2.30 bits per heavy atom. The highest BCUT2D eigenvalue weighted by Gasteiger charge is 2.02. The molecule has 0 aliphatic rings. The largest absolute Gasteiger partial charge is 0.325 e. The number of carbonyl (C=O) groups excluding carboxylic acids is 1. The first-order chi connectivity index (χ1) is 9.74. The highest BCUT2D eigenvalue weighted by atomic mass is 79.9. The summed E-state index contributed by atoms with van der Waals surface area (Å²) in [6.45, 7) is 1.84. The molecule has 1 aromatic heterocycles. The van der Waals surface area contributed by atoms with Crippen molar-refractivity contribution in [2.45, 2.75) is 13.0 Å². The van der Waals surface area contributed by atoms with Crippen LogP contribution in [-0.4, -0.2) is 34.0 Å². The number of anilines is 1. The standard InChI is InChI=1S/C13H16BrN5O/c14-11-3-1-4-12(9-11)17-13(20)10-15-5-2-7-19-8-6-16-18-19/h1,3-4,6,8-9,15H,2,5,7,10H2,(H,17,20). The average Bonchev–Trinajstić information content (AvgIpc) is 2.91. The van der Waals surface area contributed by atoms with Crippen molar-refractivity contribution in [1.82, 2.24) is 20.3 Å². The number of nitrogens with zero attached hydrogens (tertiary/aromatic N) is 3. The molecule has 106 valence electrons. The number of hydrogen-bond donors (Lipinski definition) is 2. The number of benzene rings is 1. The lowest BCUT2D eigenvalue weighted by Crippen LogP contribution is -2.29. The van der Waals surface area contributed by atoms with Gasteiger partial charge in [0, 0.05) is 22.9 Å². The van der Waals surface area contributed by atoms with Crippen LogP contribution in [0, 0.1) is 0 Å². The fraction of sp³-hybridized carbons (Fsp3) is 0.308. The number of carbonyl (C=O) groups is 1. The lowest BCUT2D eigenvalue weighted by molar-refractivity contribution is -0.115. The van der Waals surface area contributed by atoms with Crippen LogP contribution in [0.2, 0.25) is 0 Å². The highest BCUT2D eigenvalue weighted by Crippen LogP contribution is 2.15. The van der Waals surface area contributed by atoms with Crippen molar-refractivity contribution < 1.29 is 4.79 Å². The number of rotatable bonds is 7. The molecule has 20 heavy (non-hydrogen) atoms. The van der Waals surface area contributed by atoms with Crippen molar-refractivity contribution >= 4 is 27.5 Å². The van der Waals surface area contributed by atoms with E-state index in [1.807, 2.05) is 30.5 Å². The summed E-state index contributed by atoms with van der Waals surface area (Å²) in [6, 6.07) is 7.51. The van der Waals surface area contributed by atoms with E-state index in [-0.39, 0.29) is 5.91 Å². The Morgan fingerprint density at radius 1 is 1.40 bits per heavy atom. The van der Waals surface area contributed by atoms with Crippen LogP contribution in [0.25, 0.3) is 0 Å². The second-order valence-electron chi connectivity index (χ2n) is 4.25. The van der Waals surface area contributed by atoms with Crippen LogP contribution in [0.5, 0.6) is 0 Å². The van der Waals surface area contributed by atoms with Crippen molar-refractivity contribution in [2.24, 2.45) is 0 Å². The van der Waals surface area contributed by atoms with Gasteiger partial charge in [0.2, 0.25) is 5.91 Å². The molecule has 0 saturated heterocycles. The van der Waals surface area contributed by atoms with Gasteiger partial charge in [0.05, 0.1) is 12.7 Å². The van der Waals surface area contributed by atoms with E-state index in [1.165, 1.54) is 0 Å². The molecule has 0 unspecified atom stereocenters. The molecule has 2 N–H and O–H groups in total. The van der Waals surface area contributed by atoms with Gasteiger partial charge in [-0.3, -0.25) is 9.48 Å². The van der Waals surface area contributed by atoms with Crippen molar-refractivity contribution in [3.63, 3.8) is 0 Å². The van der Waals surface area contributed by atoms with Crippen molar-refractivity contribution in [2.75, 3.05) is 18.4 Å². The SMILES string of the molecule is O=C(CNCCCn1ccnn1)Nc1cccc(Br)c1. The summed E-state index contributed by atoms with van der Waals surface area (Å²) >= 11 is 3.36. The molecule has 1 heterocycles. The van der Waals surface area contributed by atoms with Crippen molar-refractivity contribution in [3.8, 4) is 0 Å². The third-order valence-electron chi connectivity index (χ3n) is 2.61. The summed E-state index contributed by atoms with van der Waals surface area (Å²) < 4.78 is 2.71. The fourth-order valence-corrected chi connectivity index (χ4v) is 2.09. The summed E-state index contributed by atoms with van der Waals surface area (Å²) in [5.41, 5.74) is 0.786. The first kappa shape index (κ1) is 14.7. The molecule has 0 spiro atoms. The molecular weight excluding hydrogens is 322 g/mol. The van der Waals surface area contributed by atoms with Gasteiger partial charge in [-0.1, -0.05) is 27.2 Å². The van der Waals surface area contributed by atoms with Crippen molar-refractivity contribution in [1.29, 1.82) is 0 Å². The molecule has 2 rings (SSSR count). The number of aryl methyl sites for hydroxylation is 1. The minimum atomic E-state index is -0.0520. The number of hydrogen-bond acceptors (Lipinski definition) is 4. The Bertz CT molecular complexity index is 543. The number of aromatic nitrogens is 3. The maximum atomic E-state index is 11.7. The van der Waals surface area contributed by atoms with E-state index >= 15 is 0 Å². The molecule has 0 radical (unpaired) electrons. The Labute approximate surface area is 125 Å². The Balaban J connectivity index is 1.60. The average molecular weight is 338 g/mol. The summed E-state index contributed by atoms with van der Waals surface area (Å²) in [4.78, 5) is 11.7. The first-order valence-electron chi connectivity index (χ1n) is 6.34. The molecule has 0 aliphatic heterocycles. The van der Waals surface area contributed by atoms with Crippen LogP contribution >= 0.6 is 15.9 Å². The zero-order valence-corrected chi connectivity index (χ0v) is 12.5. The zero-order chi connectivity index (χ0) is 14.2. The van der Waals surface area contributed by atoms with Gasteiger partial charge in [-0.05, 0) is 31.2 Å². The molecule has 0 atom stereocenters. The second-order valence-corrected chi connectivity index (χ2v) is 5.17.